The molecule has 0 spiro atoms. The van der Waals surface area contributed by atoms with Crippen molar-refractivity contribution >= 4 is 45.8 Å². The first-order valence-electron chi connectivity index (χ1n) is 11.4. The lowest BCUT2D eigenvalue weighted by atomic mass is 10.1. The maximum Gasteiger partial charge on any atom is 0.267 e. The Bertz CT molecular complexity index is 1240. The molecule has 2 aliphatic carbocycles. The number of halogens is 2. The molecule has 0 radical (unpaired) electrons. The van der Waals surface area contributed by atoms with Crippen LogP contribution in [0.1, 0.15) is 32.1 Å². The van der Waals surface area contributed by atoms with Gasteiger partial charge in [-0.2, -0.15) is 5.26 Å². The fourth-order valence-corrected chi connectivity index (χ4v) is 6.36. The molecule has 182 valence electrons. The van der Waals surface area contributed by atoms with E-state index in [0.29, 0.717) is 46.4 Å². The maximum absolute atomic E-state index is 13.7. The normalized spacial score (nSPS) is 24.2. The van der Waals surface area contributed by atoms with Crippen molar-refractivity contribution in [3.63, 3.8) is 0 Å². The molecule has 7 nitrogen and oxygen atoms in total. The third kappa shape index (κ3) is 4.77. The molecular formula is C25H23Cl2N3O4S. The van der Waals surface area contributed by atoms with Gasteiger partial charge in [0.25, 0.3) is 5.91 Å². The SMILES string of the molecule is N#CC1(NC(=O)C2CC(S(=O)c3ccccc3Cl)CN2C(=O)C2(Oc3ccc(Cl)cc3)CC2)CC1. The number of amides is 2. The predicted molar refractivity (Wildman–Crippen MR) is 132 cm³/mol. The summed E-state index contributed by atoms with van der Waals surface area (Å²) in [7, 11) is -1.53. The van der Waals surface area contributed by atoms with Crippen LogP contribution in [0.25, 0.3) is 0 Å². The average Bonchev–Trinajstić information content (AvgIpc) is 3.77. The highest BCUT2D eigenvalue weighted by atomic mass is 35.5. The van der Waals surface area contributed by atoms with Crippen molar-refractivity contribution in [2.24, 2.45) is 0 Å². The van der Waals surface area contributed by atoms with Crippen LogP contribution in [-0.2, 0) is 20.4 Å². The number of ether oxygens (including phenoxy) is 1. The molecule has 2 aromatic rings. The number of hydrogen-bond acceptors (Lipinski definition) is 5. The quantitative estimate of drug-likeness (QED) is 0.584. The number of hydrogen-bond donors (Lipinski definition) is 1. The van der Waals surface area contributed by atoms with Crippen molar-refractivity contribution in [2.75, 3.05) is 6.54 Å². The van der Waals surface area contributed by atoms with Gasteiger partial charge in [0.1, 0.15) is 17.3 Å². The Labute approximate surface area is 215 Å². The van der Waals surface area contributed by atoms with E-state index < -0.39 is 39.1 Å². The van der Waals surface area contributed by atoms with Crippen LogP contribution in [0, 0.1) is 11.3 Å². The summed E-state index contributed by atoms with van der Waals surface area (Å²) in [6, 6.07) is 14.9. The Morgan fingerprint density at radius 3 is 2.37 bits per heavy atom. The minimum absolute atomic E-state index is 0.125. The van der Waals surface area contributed by atoms with E-state index in [0.717, 1.165) is 0 Å². The molecule has 2 saturated carbocycles. The molecule has 2 amide bonds. The van der Waals surface area contributed by atoms with Gasteiger partial charge in [0.05, 0.1) is 32.0 Å². The van der Waals surface area contributed by atoms with Gasteiger partial charge in [-0.25, -0.2) is 0 Å². The van der Waals surface area contributed by atoms with E-state index in [4.69, 9.17) is 27.9 Å². The number of likely N-dealkylation sites (tertiary alicyclic amines) is 1. The van der Waals surface area contributed by atoms with Crippen molar-refractivity contribution < 1.29 is 18.5 Å². The molecule has 1 heterocycles. The Hall–Kier alpha value is -2.60. The second-order valence-corrected chi connectivity index (χ2v) is 11.8. The minimum Gasteiger partial charge on any atom is -0.477 e. The van der Waals surface area contributed by atoms with Crippen molar-refractivity contribution in [2.45, 2.75) is 59.4 Å². The number of nitrogens with one attached hydrogen (secondary N) is 1. The number of benzene rings is 2. The highest BCUT2D eigenvalue weighted by Gasteiger charge is 2.58. The van der Waals surface area contributed by atoms with Crippen LogP contribution in [0.3, 0.4) is 0 Å². The van der Waals surface area contributed by atoms with Crippen LogP contribution in [0.2, 0.25) is 10.0 Å². The Morgan fingerprint density at radius 1 is 1.09 bits per heavy atom. The van der Waals surface area contributed by atoms with E-state index in [1.165, 1.54) is 4.90 Å². The van der Waals surface area contributed by atoms with Gasteiger partial charge in [-0.1, -0.05) is 35.3 Å². The maximum atomic E-state index is 13.7. The number of carbonyl (C=O) groups is 2. The van der Waals surface area contributed by atoms with Crippen molar-refractivity contribution in [3.8, 4) is 11.8 Å². The van der Waals surface area contributed by atoms with E-state index in [1.807, 2.05) is 0 Å². The van der Waals surface area contributed by atoms with E-state index >= 15 is 0 Å². The number of rotatable bonds is 7. The topological polar surface area (TPSA) is 99.5 Å². The molecule has 1 aliphatic heterocycles. The van der Waals surface area contributed by atoms with Crippen molar-refractivity contribution in [1.29, 1.82) is 5.26 Å². The first-order valence-corrected chi connectivity index (χ1v) is 13.4. The van der Waals surface area contributed by atoms with Gasteiger partial charge < -0.3 is 15.0 Å². The van der Waals surface area contributed by atoms with E-state index in [1.54, 1.807) is 48.5 Å². The van der Waals surface area contributed by atoms with Crippen LogP contribution < -0.4 is 10.1 Å². The lowest BCUT2D eigenvalue weighted by Gasteiger charge is -2.29. The molecule has 3 aliphatic rings. The molecule has 5 rings (SSSR count). The standard InChI is InChI=1S/C25H23Cl2N3O4S/c26-16-5-7-17(8-6-16)34-25(11-12-25)23(32)30-14-18(35(33)21-4-2-1-3-19(21)27)13-20(30)22(31)29-24(15-28)9-10-24/h1-8,18,20H,9-14H2,(H,29,31). The van der Waals surface area contributed by atoms with Crippen LogP contribution in [-0.4, -0.2) is 49.9 Å². The summed E-state index contributed by atoms with van der Waals surface area (Å²) in [4.78, 5) is 28.9. The minimum atomic E-state index is -1.53. The third-order valence-electron chi connectivity index (χ3n) is 6.73. The first-order chi connectivity index (χ1) is 16.8. The second kappa shape index (κ2) is 9.12. The highest BCUT2D eigenvalue weighted by Crippen LogP contribution is 2.44. The average molecular weight is 532 g/mol. The van der Waals surface area contributed by atoms with Crippen LogP contribution in [0.5, 0.6) is 5.75 Å². The fraction of sp³-hybridized carbons (Fsp3) is 0.400. The molecule has 1 saturated heterocycles. The highest BCUT2D eigenvalue weighted by molar-refractivity contribution is 7.85. The van der Waals surface area contributed by atoms with E-state index in [9.17, 15) is 19.1 Å². The van der Waals surface area contributed by atoms with Crippen LogP contribution >= 0.6 is 23.2 Å². The summed E-state index contributed by atoms with van der Waals surface area (Å²) >= 11 is 12.2. The van der Waals surface area contributed by atoms with Crippen LogP contribution in [0.15, 0.2) is 53.4 Å². The molecule has 10 heteroatoms. The van der Waals surface area contributed by atoms with Crippen molar-refractivity contribution in [1.82, 2.24) is 10.2 Å². The molecule has 35 heavy (non-hydrogen) atoms. The fourth-order valence-electron chi connectivity index (χ4n) is 4.38. The Morgan fingerprint density at radius 2 is 1.77 bits per heavy atom. The summed E-state index contributed by atoms with van der Waals surface area (Å²) in [5.74, 6) is -0.204. The monoisotopic (exact) mass is 531 g/mol. The summed E-state index contributed by atoms with van der Waals surface area (Å²) in [6.45, 7) is 0.125. The number of nitriles is 1. The first kappa shape index (κ1) is 24.1. The molecular weight excluding hydrogens is 509 g/mol. The molecule has 1 N–H and O–H groups in total. The zero-order valence-electron chi connectivity index (χ0n) is 18.7. The van der Waals surface area contributed by atoms with Gasteiger partial charge in [-0.3, -0.25) is 13.8 Å². The van der Waals surface area contributed by atoms with Crippen molar-refractivity contribution in [3.05, 3.63) is 58.6 Å². The molecule has 3 fully saturated rings. The molecule has 0 aromatic heterocycles. The molecule has 2 aromatic carbocycles. The number of nitrogens with zero attached hydrogens (tertiary/aromatic N) is 2. The van der Waals surface area contributed by atoms with Gasteiger partial charge in [0, 0.05) is 24.4 Å². The largest absolute Gasteiger partial charge is 0.477 e. The predicted octanol–water partition coefficient (Wildman–Crippen LogP) is 3.85. The lowest BCUT2D eigenvalue weighted by molar-refractivity contribution is -0.145. The van der Waals surface area contributed by atoms with Crippen LogP contribution in [0.4, 0.5) is 0 Å². The van der Waals surface area contributed by atoms with Gasteiger partial charge in [-0.15, -0.1) is 0 Å². The Kier molecular flexibility index (Phi) is 6.28. The summed E-state index contributed by atoms with van der Waals surface area (Å²) in [5.41, 5.74) is -1.94. The smallest absolute Gasteiger partial charge is 0.267 e. The van der Waals surface area contributed by atoms with E-state index in [2.05, 4.69) is 11.4 Å². The molecule has 0 bridgehead atoms. The summed E-state index contributed by atoms with van der Waals surface area (Å²) in [6.07, 6.45) is 2.39. The zero-order chi connectivity index (χ0) is 24.8. The zero-order valence-corrected chi connectivity index (χ0v) is 21.0. The molecule has 3 unspecified atom stereocenters. The lowest BCUT2D eigenvalue weighted by Crippen LogP contribution is -2.53. The number of carbonyl (C=O) groups excluding carboxylic acids is 2. The summed E-state index contributed by atoms with van der Waals surface area (Å²) in [5, 5.41) is 12.7. The van der Waals surface area contributed by atoms with Gasteiger partial charge in [-0.05, 0) is 55.7 Å². The van der Waals surface area contributed by atoms with Gasteiger partial charge in [0.15, 0.2) is 5.60 Å². The third-order valence-corrected chi connectivity index (χ3v) is 9.16. The Balaban J connectivity index is 1.40. The van der Waals surface area contributed by atoms with Gasteiger partial charge >= 0.3 is 0 Å². The summed E-state index contributed by atoms with van der Waals surface area (Å²) < 4.78 is 19.5. The second-order valence-electron chi connectivity index (χ2n) is 9.29. The van der Waals surface area contributed by atoms with E-state index in [-0.39, 0.29) is 18.9 Å². The van der Waals surface area contributed by atoms with Gasteiger partial charge in [0.2, 0.25) is 5.91 Å². The molecule has 3 atom stereocenters.